The van der Waals surface area contributed by atoms with Gasteiger partial charge in [0.1, 0.15) is 17.7 Å². The van der Waals surface area contributed by atoms with Crippen LogP contribution in [0.25, 0.3) is 0 Å². The van der Waals surface area contributed by atoms with Crippen LogP contribution in [-0.2, 0) is 20.6 Å². The predicted molar refractivity (Wildman–Crippen MR) is 144 cm³/mol. The molecule has 2 unspecified atom stereocenters. The van der Waals surface area contributed by atoms with Gasteiger partial charge in [-0.2, -0.15) is 0 Å². The zero-order chi connectivity index (χ0) is 27.6. The van der Waals surface area contributed by atoms with Crippen LogP contribution in [0, 0.1) is 11.7 Å². The zero-order valence-electron chi connectivity index (χ0n) is 22.6. The number of hydrogen-bond acceptors (Lipinski definition) is 7. The summed E-state index contributed by atoms with van der Waals surface area (Å²) in [6.07, 6.45) is 2.54. The number of carbonyl (C=O) groups is 2. The SMILES string of the molecule is CNC(CNC(=O)c1cc2c(c(C(OCCNC(=O)OC)c3cccc(F)c3)c1)CCO2)C[C@H]1CCCOC1. The number of rotatable bonds is 12. The molecule has 39 heavy (non-hydrogen) atoms. The van der Waals surface area contributed by atoms with Crippen molar-refractivity contribution < 1.29 is 32.9 Å². The molecule has 2 amide bonds. The number of halogens is 1. The van der Waals surface area contributed by atoms with Crippen molar-refractivity contribution >= 4 is 12.0 Å². The molecule has 1 fully saturated rings. The second kappa shape index (κ2) is 14.3. The van der Waals surface area contributed by atoms with Gasteiger partial charge in [-0.25, -0.2) is 9.18 Å². The number of benzene rings is 2. The Morgan fingerprint density at radius 1 is 1.18 bits per heavy atom. The maximum absolute atomic E-state index is 14.2. The summed E-state index contributed by atoms with van der Waals surface area (Å²) in [7, 11) is 3.19. The minimum absolute atomic E-state index is 0.122. The first-order chi connectivity index (χ1) is 19.0. The second-order valence-electron chi connectivity index (χ2n) is 9.88. The Bertz CT molecular complexity index is 1120. The van der Waals surface area contributed by atoms with E-state index in [0.29, 0.717) is 42.4 Å². The molecule has 9 nitrogen and oxygen atoms in total. The number of nitrogens with one attached hydrogen (secondary N) is 3. The van der Waals surface area contributed by atoms with Crippen molar-refractivity contribution in [1.29, 1.82) is 0 Å². The Morgan fingerprint density at radius 2 is 2.05 bits per heavy atom. The molecule has 212 valence electrons. The Hall–Kier alpha value is -3.21. The first kappa shape index (κ1) is 28.8. The first-order valence-electron chi connectivity index (χ1n) is 13.5. The van der Waals surface area contributed by atoms with Gasteiger partial charge in [0, 0.05) is 49.9 Å². The van der Waals surface area contributed by atoms with Gasteiger partial charge in [-0.3, -0.25) is 4.79 Å². The Labute approximate surface area is 228 Å². The highest BCUT2D eigenvalue weighted by Gasteiger charge is 2.27. The number of fused-ring (bicyclic) bond motifs is 1. The molecule has 2 aromatic carbocycles. The number of likely N-dealkylation sites (N-methyl/N-ethyl adjacent to an activating group) is 1. The van der Waals surface area contributed by atoms with Gasteiger partial charge in [-0.15, -0.1) is 0 Å². The molecule has 2 heterocycles. The number of alkyl carbamates (subject to hydrolysis) is 1. The number of methoxy groups -OCH3 is 1. The van der Waals surface area contributed by atoms with E-state index in [4.69, 9.17) is 14.2 Å². The molecule has 0 radical (unpaired) electrons. The molecule has 0 saturated carbocycles. The van der Waals surface area contributed by atoms with Crippen LogP contribution in [0.15, 0.2) is 36.4 Å². The normalized spacial score (nSPS) is 18.0. The van der Waals surface area contributed by atoms with Crippen molar-refractivity contribution in [1.82, 2.24) is 16.0 Å². The Kier molecular flexibility index (Phi) is 10.5. The van der Waals surface area contributed by atoms with Crippen molar-refractivity contribution in [3.8, 4) is 5.75 Å². The summed E-state index contributed by atoms with van der Waals surface area (Å²) in [5, 5.41) is 8.95. The van der Waals surface area contributed by atoms with Crippen LogP contribution >= 0.6 is 0 Å². The van der Waals surface area contributed by atoms with Crippen molar-refractivity contribution in [2.75, 3.05) is 53.7 Å². The highest BCUT2D eigenvalue weighted by molar-refractivity contribution is 5.95. The van der Waals surface area contributed by atoms with E-state index < -0.39 is 18.0 Å². The summed E-state index contributed by atoms with van der Waals surface area (Å²) in [5.74, 6) is 0.489. The lowest BCUT2D eigenvalue weighted by atomic mass is 9.92. The van der Waals surface area contributed by atoms with Crippen LogP contribution in [0.3, 0.4) is 0 Å². The molecule has 0 aliphatic carbocycles. The third-order valence-electron chi connectivity index (χ3n) is 7.18. The summed E-state index contributed by atoms with van der Waals surface area (Å²) < 4.78 is 36.5. The van der Waals surface area contributed by atoms with E-state index in [1.54, 1.807) is 24.3 Å². The first-order valence-corrected chi connectivity index (χ1v) is 13.5. The molecule has 3 N–H and O–H groups in total. The number of ether oxygens (including phenoxy) is 4. The van der Waals surface area contributed by atoms with Crippen LogP contribution in [0.5, 0.6) is 5.75 Å². The van der Waals surface area contributed by atoms with E-state index in [1.807, 2.05) is 7.05 Å². The smallest absolute Gasteiger partial charge is 0.406 e. The molecule has 1 saturated heterocycles. The molecular formula is C29H38FN3O6. The van der Waals surface area contributed by atoms with E-state index >= 15 is 0 Å². The summed E-state index contributed by atoms with van der Waals surface area (Å²) in [4.78, 5) is 24.8. The monoisotopic (exact) mass is 543 g/mol. The van der Waals surface area contributed by atoms with Gasteiger partial charge in [-0.1, -0.05) is 12.1 Å². The second-order valence-corrected chi connectivity index (χ2v) is 9.88. The summed E-state index contributed by atoms with van der Waals surface area (Å²) >= 11 is 0. The van der Waals surface area contributed by atoms with Crippen molar-refractivity contribution in [3.63, 3.8) is 0 Å². The average Bonchev–Trinajstić information content (AvgIpc) is 3.44. The van der Waals surface area contributed by atoms with Crippen LogP contribution in [0.1, 0.15) is 52.4 Å². The minimum atomic E-state index is -0.667. The van der Waals surface area contributed by atoms with Crippen molar-refractivity contribution in [2.45, 2.75) is 37.8 Å². The third kappa shape index (κ3) is 7.90. The lowest BCUT2D eigenvalue weighted by Crippen LogP contribution is -2.41. The lowest BCUT2D eigenvalue weighted by molar-refractivity contribution is 0.0478. The van der Waals surface area contributed by atoms with Crippen LogP contribution < -0.4 is 20.7 Å². The van der Waals surface area contributed by atoms with Gasteiger partial charge in [-0.05, 0) is 67.6 Å². The van der Waals surface area contributed by atoms with Gasteiger partial charge in [0.05, 0.1) is 20.3 Å². The molecule has 0 bridgehead atoms. The van der Waals surface area contributed by atoms with E-state index in [0.717, 1.165) is 43.6 Å². The van der Waals surface area contributed by atoms with E-state index in [9.17, 15) is 14.0 Å². The van der Waals surface area contributed by atoms with E-state index in [1.165, 1.54) is 19.2 Å². The number of carbonyl (C=O) groups excluding carboxylic acids is 2. The minimum Gasteiger partial charge on any atom is -0.493 e. The van der Waals surface area contributed by atoms with Crippen LogP contribution in [0.2, 0.25) is 0 Å². The maximum atomic E-state index is 14.2. The van der Waals surface area contributed by atoms with Crippen LogP contribution in [0.4, 0.5) is 9.18 Å². The average molecular weight is 544 g/mol. The molecule has 0 spiro atoms. The largest absolute Gasteiger partial charge is 0.493 e. The number of amides is 2. The quantitative estimate of drug-likeness (QED) is 0.353. The van der Waals surface area contributed by atoms with Gasteiger partial charge in [0.15, 0.2) is 0 Å². The molecule has 10 heteroatoms. The molecule has 0 aromatic heterocycles. The van der Waals surface area contributed by atoms with Gasteiger partial charge >= 0.3 is 6.09 Å². The summed E-state index contributed by atoms with van der Waals surface area (Å²) in [6, 6.07) is 9.87. The molecule has 2 aliphatic rings. The van der Waals surface area contributed by atoms with E-state index in [-0.39, 0.29) is 25.1 Å². The summed E-state index contributed by atoms with van der Waals surface area (Å²) in [5.41, 5.74) is 2.71. The standard InChI is InChI=1S/C29H38FN3O6/c1-31-23(13-19-5-4-10-37-18-19)17-33-28(34)21-15-25(24-8-11-38-26(24)16-21)27(20-6-3-7-22(30)14-20)39-12-9-32-29(35)36-2/h3,6-7,14-16,19,23,27,31H,4-5,8-13,17-18H2,1-2H3,(H,32,35)(H,33,34)/t19-,23?,27?/m1/s1. The Balaban J connectivity index is 1.52. The van der Waals surface area contributed by atoms with Crippen molar-refractivity contribution in [2.24, 2.45) is 5.92 Å². The van der Waals surface area contributed by atoms with Gasteiger partial charge in [0.2, 0.25) is 0 Å². The fraction of sp³-hybridized carbons (Fsp3) is 0.517. The fourth-order valence-electron chi connectivity index (χ4n) is 5.15. The highest BCUT2D eigenvalue weighted by atomic mass is 19.1. The Morgan fingerprint density at radius 3 is 2.79 bits per heavy atom. The van der Waals surface area contributed by atoms with E-state index in [2.05, 4.69) is 20.7 Å². The topological polar surface area (TPSA) is 107 Å². The summed E-state index contributed by atoms with van der Waals surface area (Å²) in [6.45, 7) is 2.89. The zero-order valence-corrected chi connectivity index (χ0v) is 22.6. The highest BCUT2D eigenvalue weighted by Crippen LogP contribution is 2.38. The lowest BCUT2D eigenvalue weighted by Gasteiger charge is -2.26. The third-order valence-corrected chi connectivity index (χ3v) is 7.18. The molecule has 2 aliphatic heterocycles. The fourth-order valence-corrected chi connectivity index (χ4v) is 5.15. The number of hydrogen-bond donors (Lipinski definition) is 3. The van der Waals surface area contributed by atoms with Crippen LogP contribution in [-0.4, -0.2) is 71.7 Å². The molecule has 2 aromatic rings. The molecule has 4 rings (SSSR count). The van der Waals surface area contributed by atoms with Crippen molar-refractivity contribution in [3.05, 3.63) is 64.5 Å². The van der Waals surface area contributed by atoms with Gasteiger partial charge in [0.25, 0.3) is 5.91 Å². The maximum Gasteiger partial charge on any atom is 0.406 e. The molecule has 3 atom stereocenters. The molecular weight excluding hydrogens is 505 g/mol. The van der Waals surface area contributed by atoms with Gasteiger partial charge < -0.3 is 34.9 Å². The predicted octanol–water partition coefficient (Wildman–Crippen LogP) is 3.36.